The van der Waals surface area contributed by atoms with Crippen molar-refractivity contribution in [2.45, 2.75) is 6.18 Å². The van der Waals surface area contributed by atoms with Crippen LogP contribution < -0.4 is 0 Å². The van der Waals surface area contributed by atoms with Gasteiger partial charge in [0, 0.05) is 12.4 Å². The van der Waals surface area contributed by atoms with E-state index in [1.54, 1.807) is 0 Å². The third-order valence-corrected chi connectivity index (χ3v) is 2.36. The standard InChI is InChI=1S/C6H3F3N4S/c7-6(8,9)4-11-12-5(14-4)13-2-1-10-3-13/h1-3H. The molecule has 0 spiro atoms. The van der Waals surface area contributed by atoms with E-state index in [0.29, 0.717) is 11.3 Å². The molecule has 2 heterocycles. The minimum atomic E-state index is -4.43. The predicted molar refractivity (Wildman–Crippen MR) is 42.0 cm³/mol. The van der Waals surface area contributed by atoms with E-state index in [4.69, 9.17) is 0 Å². The van der Waals surface area contributed by atoms with Gasteiger partial charge in [-0.15, -0.1) is 10.2 Å². The highest BCUT2D eigenvalue weighted by Crippen LogP contribution is 2.32. The highest BCUT2D eigenvalue weighted by atomic mass is 32.1. The Morgan fingerprint density at radius 1 is 1.29 bits per heavy atom. The molecular formula is C6H3F3N4S. The number of hydrogen-bond donors (Lipinski definition) is 0. The van der Waals surface area contributed by atoms with Gasteiger partial charge in [0.2, 0.25) is 10.1 Å². The zero-order chi connectivity index (χ0) is 10.2. The maximum Gasteiger partial charge on any atom is 0.445 e. The van der Waals surface area contributed by atoms with E-state index in [9.17, 15) is 13.2 Å². The smallest absolute Gasteiger partial charge is 0.280 e. The van der Waals surface area contributed by atoms with Crippen molar-refractivity contribution in [1.29, 1.82) is 0 Å². The second-order valence-corrected chi connectivity index (χ2v) is 3.31. The molecule has 0 aromatic carbocycles. The number of nitrogens with zero attached hydrogens (tertiary/aromatic N) is 4. The number of hydrogen-bond acceptors (Lipinski definition) is 4. The van der Waals surface area contributed by atoms with E-state index < -0.39 is 11.2 Å². The van der Waals surface area contributed by atoms with Crippen LogP contribution in [-0.2, 0) is 6.18 Å². The summed E-state index contributed by atoms with van der Waals surface area (Å²) >= 11 is 0.473. The summed E-state index contributed by atoms with van der Waals surface area (Å²) in [6.45, 7) is 0. The van der Waals surface area contributed by atoms with Crippen molar-refractivity contribution in [3.63, 3.8) is 0 Å². The van der Waals surface area contributed by atoms with Crippen LogP contribution in [0.5, 0.6) is 0 Å². The van der Waals surface area contributed by atoms with Gasteiger partial charge in [0.25, 0.3) is 0 Å². The number of imidazole rings is 1. The Hall–Kier alpha value is -1.44. The first-order valence-electron chi connectivity index (χ1n) is 3.46. The van der Waals surface area contributed by atoms with Crippen molar-refractivity contribution < 1.29 is 13.2 Å². The van der Waals surface area contributed by atoms with Gasteiger partial charge in [-0.1, -0.05) is 11.3 Å². The Labute approximate surface area is 80.0 Å². The summed E-state index contributed by atoms with van der Waals surface area (Å²) in [6, 6.07) is 0. The zero-order valence-corrected chi connectivity index (χ0v) is 7.38. The summed E-state index contributed by atoms with van der Waals surface area (Å²) in [6.07, 6.45) is -0.119. The van der Waals surface area contributed by atoms with E-state index >= 15 is 0 Å². The summed E-state index contributed by atoms with van der Waals surface area (Å²) in [7, 11) is 0. The van der Waals surface area contributed by atoms with Crippen LogP contribution in [0.4, 0.5) is 13.2 Å². The molecule has 0 N–H and O–H groups in total. The first kappa shape index (κ1) is 9.13. The fraction of sp³-hybridized carbons (Fsp3) is 0.167. The summed E-state index contributed by atoms with van der Waals surface area (Å²) in [4.78, 5) is 3.69. The molecule has 4 nitrogen and oxygen atoms in total. The van der Waals surface area contributed by atoms with E-state index in [1.165, 1.54) is 23.3 Å². The lowest BCUT2D eigenvalue weighted by Crippen LogP contribution is -2.03. The maximum atomic E-state index is 12.1. The number of aromatic nitrogens is 4. The first-order chi connectivity index (χ1) is 6.57. The molecule has 0 fully saturated rings. The van der Waals surface area contributed by atoms with Crippen LogP contribution in [0.1, 0.15) is 5.01 Å². The molecule has 0 atom stereocenters. The van der Waals surface area contributed by atoms with Crippen LogP contribution in [-0.4, -0.2) is 19.7 Å². The minimum Gasteiger partial charge on any atom is -0.280 e. The van der Waals surface area contributed by atoms with Crippen LogP contribution in [0.25, 0.3) is 5.13 Å². The normalized spacial score (nSPS) is 11.9. The first-order valence-corrected chi connectivity index (χ1v) is 4.28. The number of rotatable bonds is 1. The average molecular weight is 220 g/mol. The van der Waals surface area contributed by atoms with E-state index in [2.05, 4.69) is 15.2 Å². The molecule has 0 aliphatic carbocycles. The molecule has 14 heavy (non-hydrogen) atoms. The monoisotopic (exact) mass is 220 g/mol. The second-order valence-electron chi connectivity index (χ2n) is 2.36. The molecule has 74 valence electrons. The molecule has 2 rings (SSSR count). The Balaban J connectivity index is 2.36. The molecule has 0 bridgehead atoms. The minimum absolute atomic E-state index is 0.148. The molecule has 2 aromatic heterocycles. The lowest BCUT2D eigenvalue weighted by atomic mass is 10.7. The lowest BCUT2D eigenvalue weighted by Gasteiger charge is -1.97. The molecule has 0 radical (unpaired) electrons. The van der Waals surface area contributed by atoms with Crippen molar-refractivity contribution in [1.82, 2.24) is 19.7 Å². The predicted octanol–water partition coefficient (Wildman–Crippen LogP) is 1.74. The summed E-state index contributed by atoms with van der Waals surface area (Å²) < 4.78 is 37.7. The molecule has 8 heteroatoms. The third-order valence-electron chi connectivity index (χ3n) is 1.38. The molecule has 0 saturated carbocycles. The van der Waals surface area contributed by atoms with Crippen LogP contribution in [0.3, 0.4) is 0 Å². The fourth-order valence-electron chi connectivity index (χ4n) is 0.807. The Kier molecular flexibility index (Phi) is 1.99. The molecular weight excluding hydrogens is 217 g/mol. The van der Waals surface area contributed by atoms with Gasteiger partial charge in [0.1, 0.15) is 6.33 Å². The molecule has 0 amide bonds. The Morgan fingerprint density at radius 3 is 2.57 bits per heavy atom. The highest BCUT2D eigenvalue weighted by molar-refractivity contribution is 7.13. The topological polar surface area (TPSA) is 43.6 Å². The summed E-state index contributed by atoms with van der Waals surface area (Å²) in [5, 5.41) is 5.63. The van der Waals surface area contributed by atoms with Crippen molar-refractivity contribution in [2.75, 3.05) is 0 Å². The molecule has 0 saturated heterocycles. The molecule has 0 aliphatic heterocycles. The van der Waals surface area contributed by atoms with Crippen molar-refractivity contribution in [2.24, 2.45) is 0 Å². The Morgan fingerprint density at radius 2 is 2.07 bits per heavy atom. The molecule has 0 unspecified atom stereocenters. The van der Waals surface area contributed by atoms with Crippen LogP contribution in [0, 0.1) is 0 Å². The largest absolute Gasteiger partial charge is 0.445 e. The van der Waals surface area contributed by atoms with Gasteiger partial charge < -0.3 is 0 Å². The molecule has 0 aliphatic rings. The van der Waals surface area contributed by atoms with Gasteiger partial charge in [-0.2, -0.15) is 13.2 Å². The summed E-state index contributed by atoms with van der Waals surface area (Å²) in [5.74, 6) is 0. The maximum absolute atomic E-state index is 12.1. The fourth-order valence-corrected chi connectivity index (χ4v) is 1.47. The number of halogens is 3. The second kappa shape index (κ2) is 3.05. The highest BCUT2D eigenvalue weighted by Gasteiger charge is 2.35. The summed E-state index contributed by atoms with van der Waals surface area (Å²) in [5.41, 5.74) is 0. The van der Waals surface area contributed by atoms with E-state index in [0.717, 1.165) is 0 Å². The average Bonchev–Trinajstić information content (AvgIpc) is 2.73. The van der Waals surface area contributed by atoms with E-state index in [1.807, 2.05) is 0 Å². The zero-order valence-electron chi connectivity index (χ0n) is 6.56. The van der Waals surface area contributed by atoms with Gasteiger partial charge in [-0.3, -0.25) is 4.57 Å². The quantitative estimate of drug-likeness (QED) is 0.735. The van der Waals surface area contributed by atoms with Crippen LogP contribution in [0.2, 0.25) is 0 Å². The van der Waals surface area contributed by atoms with Crippen LogP contribution in [0.15, 0.2) is 18.7 Å². The van der Waals surface area contributed by atoms with Gasteiger partial charge >= 0.3 is 6.18 Å². The van der Waals surface area contributed by atoms with Gasteiger partial charge in [0.05, 0.1) is 0 Å². The van der Waals surface area contributed by atoms with Crippen LogP contribution >= 0.6 is 11.3 Å². The SMILES string of the molecule is FC(F)(F)c1nnc(-n2ccnc2)s1. The van der Waals surface area contributed by atoms with Gasteiger partial charge in [0.15, 0.2) is 0 Å². The molecule has 2 aromatic rings. The third kappa shape index (κ3) is 1.60. The van der Waals surface area contributed by atoms with Crippen molar-refractivity contribution in [3.05, 3.63) is 23.7 Å². The Bertz CT molecular complexity index is 418. The van der Waals surface area contributed by atoms with Gasteiger partial charge in [-0.25, -0.2) is 4.98 Å². The van der Waals surface area contributed by atoms with E-state index in [-0.39, 0.29) is 5.13 Å². The number of alkyl halides is 3. The lowest BCUT2D eigenvalue weighted by molar-refractivity contribution is -0.138. The van der Waals surface area contributed by atoms with Gasteiger partial charge in [-0.05, 0) is 0 Å². The van der Waals surface area contributed by atoms with Crippen molar-refractivity contribution in [3.8, 4) is 5.13 Å². The van der Waals surface area contributed by atoms with Crippen molar-refractivity contribution >= 4 is 11.3 Å².